The molecule has 0 aromatic rings. The standard InChI is InChI=1S/C20H35N3O2.ClH/c1-2-11-22-19(25)20(9-4-3-5-10-20)23-18(24)16-12-14-7-6-8-15(13-16)17(14)21;/h14-17H,2-13,21H2,1H3,(H,22,25)(H,23,24);1H. The summed E-state index contributed by atoms with van der Waals surface area (Å²) in [6.07, 6.45) is 11.0. The largest absolute Gasteiger partial charge is 0.354 e. The number of nitrogens with two attached hydrogens (primary N) is 1. The van der Waals surface area contributed by atoms with E-state index < -0.39 is 5.54 Å². The van der Waals surface area contributed by atoms with Gasteiger partial charge in [-0.3, -0.25) is 9.59 Å². The number of hydrogen-bond acceptors (Lipinski definition) is 3. The van der Waals surface area contributed by atoms with Crippen molar-refractivity contribution in [3.63, 3.8) is 0 Å². The molecule has 2 atom stereocenters. The van der Waals surface area contributed by atoms with Gasteiger partial charge in [-0.05, 0) is 56.8 Å². The van der Waals surface area contributed by atoms with Gasteiger partial charge in [-0.2, -0.15) is 0 Å². The lowest BCUT2D eigenvalue weighted by molar-refractivity contribution is -0.138. The van der Waals surface area contributed by atoms with Crippen LogP contribution in [0.3, 0.4) is 0 Å². The third kappa shape index (κ3) is 4.53. The molecule has 2 amide bonds. The van der Waals surface area contributed by atoms with Crippen LogP contribution in [0.4, 0.5) is 0 Å². The van der Waals surface area contributed by atoms with Crippen LogP contribution in [0, 0.1) is 17.8 Å². The fourth-order valence-corrected chi connectivity index (χ4v) is 5.31. The number of carbonyl (C=O) groups excluding carboxylic acids is 2. The van der Waals surface area contributed by atoms with Crippen molar-refractivity contribution in [2.45, 2.75) is 89.1 Å². The second kappa shape index (κ2) is 9.41. The Bertz CT molecular complexity index is 479. The Hall–Kier alpha value is -0.810. The zero-order valence-electron chi connectivity index (χ0n) is 16.1. The lowest BCUT2D eigenvalue weighted by Crippen LogP contribution is -2.61. The molecule has 0 spiro atoms. The van der Waals surface area contributed by atoms with Crippen molar-refractivity contribution >= 4 is 24.2 Å². The average molecular weight is 386 g/mol. The van der Waals surface area contributed by atoms with Gasteiger partial charge in [0.15, 0.2) is 0 Å². The minimum absolute atomic E-state index is 0. The number of amides is 2. The topological polar surface area (TPSA) is 84.2 Å². The summed E-state index contributed by atoms with van der Waals surface area (Å²) in [5, 5.41) is 6.25. The maximum absolute atomic E-state index is 13.1. The van der Waals surface area contributed by atoms with Gasteiger partial charge in [0.25, 0.3) is 0 Å². The second-order valence-electron chi connectivity index (χ2n) is 8.58. The Morgan fingerprint density at radius 1 is 1.04 bits per heavy atom. The highest BCUT2D eigenvalue weighted by Crippen LogP contribution is 2.42. The summed E-state index contributed by atoms with van der Waals surface area (Å²) in [6, 6.07) is 0.272. The molecule has 0 heterocycles. The maximum atomic E-state index is 13.1. The van der Waals surface area contributed by atoms with Gasteiger partial charge in [-0.15, -0.1) is 12.4 Å². The highest BCUT2D eigenvalue weighted by molar-refractivity contribution is 5.92. The van der Waals surface area contributed by atoms with Crippen molar-refractivity contribution < 1.29 is 9.59 Å². The van der Waals surface area contributed by atoms with E-state index >= 15 is 0 Å². The fourth-order valence-electron chi connectivity index (χ4n) is 5.31. The van der Waals surface area contributed by atoms with Crippen molar-refractivity contribution in [3.8, 4) is 0 Å². The maximum Gasteiger partial charge on any atom is 0.245 e. The summed E-state index contributed by atoms with van der Waals surface area (Å²) in [6.45, 7) is 2.73. The molecule has 2 bridgehead atoms. The third-order valence-electron chi connectivity index (χ3n) is 6.82. The lowest BCUT2D eigenvalue weighted by atomic mass is 9.64. The quantitative estimate of drug-likeness (QED) is 0.680. The first-order valence-electron chi connectivity index (χ1n) is 10.4. The van der Waals surface area contributed by atoms with Gasteiger partial charge in [-0.25, -0.2) is 0 Å². The summed E-state index contributed by atoms with van der Waals surface area (Å²) >= 11 is 0. The number of rotatable bonds is 5. The molecule has 0 aromatic heterocycles. The van der Waals surface area contributed by atoms with E-state index in [1.807, 2.05) is 0 Å². The van der Waals surface area contributed by atoms with Gasteiger partial charge in [0.2, 0.25) is 11.8 Å². The van der Waals surface area contributed by atoms with E-state index in [4.69, 9.17) is 5.73 Å². The van der Waals surface area contributed by atoms with Crippen molar-refractivity contribution in [2.24, 2.45) is 23.5 Å². The van der Waals surface area contributed by atoms with E-state index in [1.165, 1.54) is 6.42 Å². The Morgan fingerprint density at radius 2 is 1.65 bits per heavy atom. The van der Waals surface area contributed by atoms with Crippen molar-refractivity contribution in [2.75, 3.05) is 6.54 Å². The van der Waals surface area contributed by atoms with Crippen LogP contribution in [0.1, 0.15) is 77.6 Å². The van der Waals surface area contributed by atoms with Crippen molar-refractivity contribution in [1.82, 2.24) is 10.6 Å². The minimum atomic E-state index is -0.681. The molecule has 0 aromatic carbocycles. The average Bonchev–Trinajstić information content (AvgIpc) is 2.60. The van der Waals surface area contributed by atoms with Crippen LogP contribution in [0.5, 0.6) is 0 Å². The number of halogens is 1. The molecule has 3 aliphatic rings. The van der Waals surface area contributed by atoms with E-state index in [1.54, 1.807) is 0 Å². The monoisotopic (exact) mass is 385 g/mol. The molecule has 150 valence electrons. The van der Waals surface area contributed by atoms with Crippen LogP contribution < -0.4 is 16.4 Å². The molecule has 4 N–H and O–H groups in total. The fraction of sp³-hybridized carbons (Fsp3) is 0.900. The lowest BCUT2D eigenvalue weighted by Gasteiger charge is -2.45. The smallest absolute Gasteiger partial charge is 0.245 e. The molecule has 2 unspecified atom stereocenters. The van der Waals surface area contributed by atoms with E-state index in [0.717, 1.165) is 64.2 Å². The van der Waals surface area contributed by atoms with E-state index in [-0.39, 0.29) is 36.2 Å². The number of carbonyl (C=O) groups is 2. The predicted molar refractivity (Wildman–Crippen MR) is 106 cm³/mol. The van der Waals surface area contributed by atoms with Gasteiger partial charge >= 0.3 is 0 Å². The van der Waals surface area contributed by atoms with E-state index in [0.29, 0.717) is 18.4 Å². The summed E-state index contributed by atoms with van der Waals surface area (Å²) in [5.41, 5.74) is 5.68. The molecule has 3 rings (SSSR count). The third-order valence-corrected chi connectivity index (χ3v) is 6.82. The molecule has 3 fully saturated rings. The Morgan fingerprint density at radius 3 is 2.23 bits per heavy atom. The van der Waals surface area contributed by atoms with Crippen LogP contribution in [-0.4, -0.2) is 29.9 Å². The Labute approximate surface area is 164 Å². The molecule has 6 heteroatoms. The molecular weight excluding hydrogens is 350 g/mol. The second-order valence-corrected chi connectivity index (χ2v) is 8.58. The van der Waals surface area contributed by atoms with E-state index in [2.05, 4.69) is 17.6 Å². The summed E-state index contributed by atoms with van der Waals surface area (Å²) in [4.78, 5) is 25.9. The Kier molecular flexibility index (Phi) is 7.77. The molecule has 5 nitrogen and oxygen atoms in total. The zero-order chi connectivity index (χ0) is 17.9. The molecule has 0 saturated heterocycles. The summed E-state index contributed by atoms with van der Waals surface area (Å²) in [5.74, 6) is 1.12. The highest BCUT2D eigenvalue weighted by Gasteiger charge is 2.45. The van der Waals surface area contributed by atoms with Crippen LogP contribution in [0.2, 0.25) is 0 Å². The van der Waals surface area contributed by atoms with Gasteiger partial charge in [0, 0.05) is 18.5 Å². The normalized spacial score (nSPS) is 32.8. The first-order chi connectivity index (χ1) is 12.1. The molecule has 0 aliphatic heterocycles. The molecular formula is C20H36ClN3O2. The van der Waals surface area contributed by atoms with Gasteiger partial charge in [0.05, 0.1) is 0 Å². The first-order valence-corrected chi connectivity index (χ1v) is 10.4. The van der Waals surface area contributed by atoms with E-state index in [9.17, 15) is 9.59 Å². The molecule has 3 aliphatic carbocycles. The first kappa shape index (κ1) is 21.5. The number of hydrogen-bond donors (Lipinski definition) is 3. The predicted octanol–water partition coefficient (Wildman–Crippen LogP) is 2.91. The summed E-state index contributed by atoms with van der Waals surface area (Å²) < 4.78 is 0. The van der Waals surface area contributed by atoms with Crippen LogP contribution in [-0.2, 0) is 9.59 Å². The van der Waals surface area contributed by atoms with Gasteiger partial charge in [0.1, 0.15) is 5.54 Å². The van der Waals surface area contributed by atoms with Crippen molar-refractivity contribution in [1.29, 1.82) is 0 Å². The van der Waals surface area contributed by atoms with Crippen LogP contribution in [0.15, 0.2) is 0 Å². The minimum Gasteiger partial charge on any atom is -0.354 e. The number of fused-ring (bicyclic) bond motifs is 2. The Balaban J connectivity index is 0.00000243. The molecule has 3 saturated carbocycles. The van der Waals surface area contributed by atoms with Crippen LogP contribution in [0.25, 0.3) is 0 Å². The summed E-state index contributed by atoms with van der Waals surface area (Å²) in [7, 11) is 0. The van der Waals surface area contributed by atoms with Gasteiger partial charge in [-0.1, -0.05) is 32.6 Å². The zero-order valence-corrected chi connectivity index (χ0v) is 16.9. The van der Waals surface area contributed by atoms with Crippen LogP contribution >= 0.6 is 12.4 Å². The number of nitrogens with one attached hydrogen (secondary N) is 2. The molecule has 0 radical (unpaired) electrons. The van der Waals surface area contributed by atoms with Gasteiger partial charge < -0.3 is 16.4 Å². The highest BCUT2D eigenvalue weighted by atomic mass is 35.5. The molecule has 26 heavy (non-hydrogen) atoms. The SMILES string of the molecule is CCCNC(=O)C1(NC(=O)C2CC3CCCC(C2)C3N)CCCCC1.Cl. The van der Waals surface area contributed by atoms with Crippen molar-refractivity contribution in [3.05, 3.63) is 0 Å².